The van der Waals surface area contributed by atoms with Crippen LogP contribution in [0.5, 0.6) is 0 Å². The summed E-state index contributed by atoms with van der Waals surface area (Å²) in [5.41, 5.74) is -0.295. The zero-order valence-electron chi connectivity index (χ0n) is 15.0. The summed E-state index contributed by atoms with van der Waals surface area (Å²) in [7, 11) is -4.26. The highest BCUT2D eigenvalue weighted by Gasteiger charge is 2.35. The van der Waals surface area contributed by atoms with Crippen LogP contribution in [-0.4, -0.2) is 26.9 Å². The topological polar surface area (TPSA) is 66.5 Å². The van der Waals surface area contributed by atoms with Crippen LogP contribution in [0.25, 0.3) is 0 Å². The van der Waals surface area contributed by atoms with Crippen molar-refractivity contribution < 1.29 is 17.6 Å². The lowest BCUT2D eigenvalue weighted by Gasteiger charge is -2.30. The molecule has 0 heterocycles. The zero-order valence-corrected chi connectivity index (χ0v) is 17.4. The van der Waals surface area contributed by atoms with Crippen molar-refractivity contribution in [2.24, 2.45) is 5.92 Å². The maximum atomic E-state index is 14.6. The van der Waals surface area contributed by atoms with Gasteiger partial charge in [0.05, 0.1) is 10.6 Å². The molecule has 28 heavy (non-hydrogen) atoms. The van der Waals surface area contributed by atoms with Crippen LogP contribution in [0.4, 0.5) is 10.1 Å². The van der Waals surface area contributed by atoms with Crippen molar-refractivity contribution in [1.82, 2.24) is 5.32 Å². The fraction of sp³-hybridized carbons (Fsp3) is 0.316. The number of halogens is 3. The Morgan fingerprint density at radius 1 is 1.18 bits per heavy atom. The summed E-state index contributed by atoms with van der Waals surface area (Å²) in [5, 5.41) is 3.25. The molecule has 0 spiro atoms. The van der Waals surface area contributed by atoms with Crippen LogP contribution in [0.2, 0.25) is 10.0 Å². The first-order chi connectivity index (χ1) is 13.2. The van der Waals surface area contributed by atoms with Gasteiger partial charge >= 0.3 is 0 Å². The standard InChI is InChI=1S/C19H19Cl2FN2O3S/c1-12(19(25)23-11-13-2-3-13)24(18-10-15(21)6-9-17(18)22)28(26,27)16-7-4-14(20)5-8-16/h4-10,12-13H,2-3,11H2,1H3,(H,23,25)/t12-/m1/s1. The van der Waals surface area contributed by atoms with Crippen molar-refractivity contribution in [2.45, 2.75) is 30.7 Å². The summed E-state index contributed by atoms with van der Waals surface area (Å²) in [5.74, 6) is -0.895. The van der Waals surface area contributed by atoms with Crippen molar-refractivity contribution in [3.05, 3.63) is 58.3 Å². The van der Waals surface area contributed by atoms with Gasteiger partial charge in [0.2, 0.25) is 5.91 Å². The van der Waals surface area contributed by atoms with Crippen LogP contribution in [0.15, 0.2) is 47.4 Å². The van der Waals surface area contributed by atoms with E-state index in [1.54, 1.807) is 0 Å². The molecule has 9 heteroatoms. The maximum absolute atomic E-state index is 14.6. The maximum Gasteiger partial charge on any atom is 0.265 e. The van der Waals surface area contributed by atoms with Crippen LogP contribution in [0.1, 0.15) is 19.8 Å². The molecule has 0 aliphatic heterocycles. The second kappa shape index (κ2) is 8.27. The Morgan fingerprint density at radius 3 is 2.39 bits per heavy atom. The summed E-state index contributed by atoms with van der Waals surface area (Å²) in [6, 6.07) is 7.82. The minimum atomic E-state index is -4.26. The Hall–Kier alpha value is -1.83. The molecule has 1 atom stereocenters. The van der Waals surface area contributed by atoms with Crippen molar-refractivity contribution in [3.63, 3.8) is 0 Å². The summed E-state index contributed by atoms with van der Waals surface area (Å²) < 4.78 is 41.9. The summed E-state index contributed by atoms with van der Waals surface area (Å²) in [4.78, 5) is 12.5. The number of hydrogen-bond acceptors (Lipinski definition) is 3. The van der Waals surface area contributed by atoms with Gasteiger partial charge in [-0.15, -0.1) is 0 Å². The van der Waals surface area contributed by atoms with Gasteiger partial charge in [-0.25, -0.2) is 12.8 Å². The third-order valence-corrected chi connectivity index (χ3v) is 6.89. The zero-order chi connectivity index (χ0) is 20.5. The van der Waals surface area contributed by atoms with E-state index in [0.29, 0.717) is 17.5 Å². The highest BCUT2D eigenvalue weighted by Crippen LogP contribution is 2.32. The molecular weight excluding hydrogens is 426 g/mol. The molecule has 0 bridgehead atoms. The number of carbonyl (C=O) groups excluding carboxylic acids is 1. The molecule has 1 aliphatic rings. The lowest BCUT2D eigenvalue weighted by atomic mass is 10.2. The SMILES string of the molecule is C[C@H](C(=O)NCC1CC1)N(c1cc(Cl)ccc1F)S(=O)(=O)c1ccc(Cl)cc1. The second-order valence-corrected chi connectivity index (χ2v) is 9.40. The highest BCUT2D eigenvalue weighted by atomic mass is 35.5. The van der Waals surface area contributed by atoms with Crippen molar-refractivity contribution >= 4 is 44.8 Å². The van der Waals surface area contributed by atoms with Gasteiger partial charge in [-0.05, 0) is 68.1 Å². The summed E-state index contributed by atoms with van der Waals surface area (Å²) in [6.45, 7) is 1.88. The normalized spacial score (nSPS) is 15.1. The number of anilines is 1. The smallest absolute Gasteiger partial charge is 0.265 e. The molecule has 1 saturated carbocycles. The van der Waals surface area contributed by atoms with Crippen LogP contribution in [-0.2, 0) is 14.8 Å². The van der Waals surface area contributed by atoms with Gasteiger partial charge in [0.15, 0.2) is 0 Å². The Labute approximate surface area is 173 Å². The van der Waals surface area contributed by atoms with E-state index in [1.165, 1.54) is 43.3 Å². The van der Waals surface area contributed by atoms with Crippen LogP contribution in [0, 0.1) is 11.7 Å². The lowest BCUT2D eigenvalue weighted by Crippen LogP contribution is -2.49. The van der Waals surface area contributed by atoms with Crippen molar-refractivity contribution in [1.29, 1.82) is 0 Å². The number of nitrogens with zero attached hydrogens (tertiary/aromatic N) is 1. The molecule has 150 valence electrons. The van der Waals surface area contributed by atoms with E-state index in [4.69, 9.17) is 23.2 Å². The number of rotatable bonds is 7. The number of benzene rings is 2. The second-order valence-electron chi connectivity index (χ2n) is 6.72. The largest absolute Gasteiger partial charge is 0.354 e. The minimum Gasteiger partial charge on any atom is -0.354 e. The van der Waals surface area contributed by atoms with E-state index < -0.39 is 27.8 Å². The molecule has 1 fully saturated rings. The lowest BCUT2D eigenvalue weighted by molar-refractivity contribution is -0.121. The Morgan fingerprint density at radius 2 is 1.79 bits per heavy atom. The number of nitrogens with one attached hydrogen (secondary N) is 1. The molecular formula is C19H19Cl2FN2O3S. The first-order valence-corrected chi connectivity index (χ1v) is 10.9. The average Bonchev–Trinajstić information content (AvgIpc) is 3.47. The van der Waals surface area contributed by atoms with Gasteiger partial charge in [-0.2, -0.15) is 0 Å². The molecule has 3 rings (SSSR count). The van der Waals surface area contributed by atoms with E-state index in [2.05, 4.69) is 5.32 Å². The molecule has 0 aromatic heterocycles. The first-order valence-electron chi connectivity index (χ1n) is 8.73. The third kappa shape index (κ3) is 4.59. The number of hydrogen-bond donors (Lipinski definition) is 1. The van der Waals surface area contributed by atoms with Gasteiger partial charge in [0.25, 0.3) is 10.0 Å². The predicted octanol–water partition coefficient (Wildman–Crippen LogP) is 4.24. The van der Waals surface area contributed by atoms with E-state index in [0.717, 1.165) is 23.2 Å². The van der Waals surface area contributed by atoms with Crippen LogP contribution in [0.3, 0.4) is 0 Å². The minimum absolute atomic E-state index is 0.113. The quantitative estimate of drug-likeness (QED) is 0.693. The van der Waals surface area contributed by atoms with Gasteiger partial charge in [0.1, 0.15) is 11.9 Å². The number of sulfonamides is 1. The highest BCUT2D eigenvalue weighted by molar-refractivity contribution is 7.93. The van der Waals surface area contributed by atoms with Gasteiger partial charge in [0, 0.05) is 16.6 Å². The van der Waals surface area contributed by atoms with E-state index in [1.807, 2.05) is 0 Å². The van der Waals surface area contributed by atoms with Crippen molar-refractivity contribution in [3.8, 4) is 0 Å². The average molecular weight is 445 g/mol. The molecule has 0 radical (unpaired) electrons. The van der Waals surface area contributed by atoms with Gasteiger partial charge < -0.3 is 5.32 Å². The molecule has 2 aromatic rings. The number of amides is 1. The third-order valence-electron chi connectivity index (χ3n) is 4.51. The molecule has 0 saturated heterocycles. The molecule has 2 aromatic carbocycles. The Bertz CT molecular complexity index is 979. The van der Waals surface area contributed by atoms with Gasteiger partial charge in [-0.3, -0.25) is 9.10 Å². The molecule has 5 nitrogen and oxygen atoms in total. The summed E-state index contributed by atoms with van der Waals surface area (Å²) >= 11 is 11.8. The van der Waals surface area contributed by atoms with E-state index in [9.17, 15) is 17.6 Å². The van der Waals surface area contributed by atoms with Crippen LogP contribution < -0.4 is 9.62 Å². The summed E-state index contributed by atoms with van der Waals surface area (Å²) in [6.07, 6.45) is 2.06. The Balaban J connectivity index is 2.03. The first kappa shape index (κ1) is 20.9. The molecule has 1 aliphatic carbocycles. The monoisotopic (exact) mass is 444 g/mol. The van der Waals surface area contributed by atoms with Crippen LogP contribution >= 0.6 is 23.2 Å². The van der Waals surface area contributed by atoms with E-state index in [-0.39, 0.29) is 15.6 Å². The Kier molecular flexibility index (Phi) is 6.17. The van der Waals surface area contributed by atoms with Gasteiger partial charge in [-0.1, -0.05) is 23.2 Å². The van der Waals surface area contributed by atoms with E-state index >= 15 is 0 Å². The molecule has 1 N–H and O–H groups in total. The van der Waals surface area contributed by atoms with Crippen molar-refractivity contribution in [2.75, 3.05) is 10.8 Å². The fourth-order valence-electron chi connectivity index (χ4n) is 2.74. The molecule has 1 amide bonds. The predicted molar refractivity (Wildman–Crippen MR) is 108 cm³/mol. The fourth-order valence-corrected chi connectivity index (χ4v) is 4.65. The molecule has 0 unspecified atom stereocenters. The number of carbonyl (C=O) groups is 1.